The summed E-state index contributed by atoms with van der Waals surface area (Å²) in [6, 6.07) is 0. The van der Waals surface area contributed by atoms with Crippen molar-refractivity contribution in [3.8, 4) is 0 Å². The summed E-state index contributed by atoms with van der Waals surface area (Å²) in [6.45, 7) is 9.44. The van der Waals surface area contributed by atoms with E-state index in [0.29, 0.717) is 7.92 Å². The molecule has 0 spiro atoms. The van der Waals surface area contributed by atoms with Crippen molar-refractivity contribution in [2.24, 2.45) is 0 Å². The Labute approximate surface area is 116 Å². The lowest BCUT2D eigenvalue weighted by Gasteiger charge is -2.24. The molecule has 0 amide bonds. The number of unbranched alkanes of at least 4 members (excludes halogenated alkanes) is 2. The van der Waals surface area contributed by atoms with Crippen LogP contribution < -0.4 is 0 Å². The molecule has 0 bridgehead atoms. The molecule has 0 N–H and O–H groups in total. The molecule has 94 valence electrons. The molecule has 0 aliphatic rings. The molecule has 0 aromatic rings. The van der Waals surface area contributed by atoms with Crippen molar-refractivity contribution in [3.63, 3.8) is 0 Å². The average molecular weight is 344 g/mol. The third kappa shape index (κ3) is 10.1. The molecule has 0 heterocycles. The van der Waals surface area contributed by atoms with Crippen LogP contribution in [0.5, 0.6) is 0 Å². The summed E-state index contributed by atoms with van der Waals surface area (Å²) in [7, 11) is 0.360. The molecule has 2 heteroatoms. The van der Waals surface area contributed by atoms with Gasteiger partial charge in [-0.2, -0.15) is 0 Å². The minimum absolute atomic E-state index is 0. The average Bonchev–Trinajstić information content (AvgIpc) is 2.18. The van der Waals surface area contributed by atoms with Gasteiger partial charge in [-0.25, -0.2) is 0 Å². The third-order valence-electron chi connectivity index (χ3n) is 2.93. The van der Waals surface area contributed by atoms with Crippen LogP contribution >= 0.6 is 31.9 Å². The normalized spacial score (nSPS) is 12.6. The predicted octanol–water partition coefficient (Wildman–Crippen LogP) is 5.88. The monoisotopic (exact) mass is 344 g/mol. The van der Waals surface area contributed by atoms with Gasteiger partial charge in [-0.15, -0.1) is 31.9 Å². The highest BCUT2D eigenvalue weighted by Crippen LogP contribution is 2.44. The van der Waals surface area contributed by atoms with E-state index in [1.54, 1.807) is 0 Å². The predicted molar refractivity (Wildman–Crippen MR) is 86.3 cm³/mol. The maximum atomic E-state index is 2.49. The molecule has 0 aliphatic carbocycles. The van der Waals surface area contributed by atoms with Crippen LogP contribution in [-0.2, 0) is 0 Å². The maximum Gasteiger partial charge on any atom is -0.0238 e. The number of halogens is 1. The number of rotatable bonds is 9. The molecular weight excluding hydrogens is 314 g/mol. The third-order valence-corrected chi connectivity index (χ3v) is 6.21. The van der Waals surface area contributed by atoms with Gasteiger partial charge in [0.15, 0.2) is 0 Å². The van der Waals surface area contributed by atoms with E-state index in [1.807, 2.05) is 0 Å². The van der Waals surface area contributed by atoms with Crippen molar-refractivity contribution in [2.75, 3.05) is 12.3 Å². The van der Waals surface area contributed by atoms with Gasteiger partial charge in [0.05, 0.1) is 0 Å². The van der Waals surface area contributed by atoms with E-state index in [9.17, 15) is 0 Å². The summed E-state index contributed by atoms with van der Waals surface area (Å²) in [4.78, 5) is 0. The van der Waals surface area contributed by atoms with E-state index in [0.717, 1.165) is 5.66 Å². The molecule has 0 rings (SSSR count). The van der Waals surface area contributed by atoms with Gasteiger partial charge in [-0.3, -0.25) is 0 Å². The Morgan fingerprint density at radius 1 is 0.867 bits per heavy atom. The Morgan fingerprint density at radius 3 is 1.67 bits per heavy atom. The highest BCUT2D eigenvalue weighted by Gasteiger charge is 2.14. The summed E-state index contributed by atoms with van der Waals surface area (Å²) < 4.78 is 0. The zero-order chi connectivity index (χ0) is 10.8. The van der Waals surface area contributed by atoms with E-state index in [4.69, 9.17) is 0 Å². The topological polar surface area (TPSA) is 0 Å². The minimum atomic E-state index is 0. The van der Waals surface area contributed by atoms with Crippen molar-refractivity contribution in [3.05, 3.63) is 0 Å². The molecule has 0 fully saturated rings. The second-order valence-corrected chi connectivity index (χ2v) is 7.33. The Balaban J connectivity index is 0. The fourth-order valence-electron chi connectivity index (χ4n) is 1.88. The van der Waals surface area contributed by atoms with Gasteiger partial charge < -0.3 is 0 Å². The van der Waals surface area contributed by atoms with Gasteiger partial charge in [-0.1, -0.05) is 47.0 Å². The first-order valence-corrected chi connectivity index (χ1v) is 8.28. The fraction of sp³-hybridized carbons (Fsp3) is 1.00. The van der Waals surface area contributed by atoms with E-state index >= 15 is 0 Å². The molecule has 1 unspecified atom stereocenters. The van der Waals surface area contributed by atoms with Crippen LogP contribution in [0.2, 0.25) is 0 Å². The molecule has 0 nitrogen and oxygen atoms in total. The standard InChI is InChI=1S/C13H29P.HI/c1-5-8-11-14(12-9-6-2)13(4)10-7-3;/h13H,5-12H2,1-4H3;1H. The van der Waals surface area contributed by atoms with Gasteiger partial charge in [0.1, 0.15) is 0 Å². The van der Waals surface area contributed by atoms with Crippen molar-refractivity contribution in [1.29, 1.82) is 0 Å². The lowest BCUT2D eigenvalue weighted by Crippen LogP contribution is -2.05. The van der Waals surface area contributed by atoms with E-state index < -0.39 is 0 Å². The molecule has 0 aromatic carbocycles. The molecule has 0 saturated carbocycles. The first-order valence-electron chi connectivity index (χ1n) is 6.50. The summed E-state index contributed by atoms with van der Waals surface area (Å²) in [5.41, 5.74) is 1.02. The van der Waals surface area contributed by atoms with Gasteiger partial charge in [-0.05, 0) is 37.2 Å². The minimum Gasteiger partial charge on any atom is -0.107 e. The molecule has 0 aliphatic heterocycles. The van der Waals surface area contributed by atoms with Crippen LogP contribution in [0.15, 0.2) is 0 Å². The molecule has 15 heavy (non-hydrogen) atoms. The summed E-state index contributed by atoms with van der Waals surface area (Å²) in [5, 5.41) is 0. The Hall–Kier alpha value is 1.16. The van der Waals surface area contributed by atoms with Crippen LogP contribution in [0.4, 0.5) is 0 Å². The molecule has 0 saturated heterocycles. The molecule has 0 radical (unpaired) electrons. The number of hydrogen-bond acceptors (Lipinski definition) is 0. The quantitative estimate of drug-likeness (QED) is 0.362. The SMILES string of the molecule is CCCCP(CCCC)C(C)CCC.I. The zero-order valence-electron chi connectivity index (χ0n) is 11.1. The maximum absolute atomic E-state index is 2.49. The summed E-state index contributed by atoms with van der Waals surface area (Å²) in [6.07, 6.45) is 11.6. The fourth-order valence-corrected chi connectivity index (χ4v) is 5.05. The first-order chi connectivity index (χ1) is 6.76. The highest BCUT2D eigenvalue weighted by molar-refractivity contribution is 14.0. The van der Waals surface area contributed by atoms with Crippen LogP contribution in [0, 0.1) is 0 Å². The van der Waals surface area contributed by atoms with Crippen molar-refractivity contribution >= 4 is 31.9 Å². The smallest absolute Gasteiger partial charge is 0.0238 e. The van der Waals surface area contributed by atoms with E-state index in [1.165, 1.54) is 50.8 Å². The molecular formula is C13H30IP. The molecule has 0 aromatic heterocycles. The summed E-state index contributed by atoms with van der Waals surface area (Å²) in [5.74, 6) is 0. The largest absolute Gasteiger partial charge is 0.107 e. The zero-order valence-corrected chi connectivity index (χ0v) is 14.3. The van der Waals surface area contributed by atoms with Crippen molar-refractivity contribution in [1.82, 2.24) is 0 Å². The van der Waals surface area contributed by atoms with Gasteiger partial charge in [0.25, 0.3) is 0 Å². The van der Waals surface area contributed by atoms with Crippen LogP contribution in [0.3, 0.4) is 0 Å². The molecule has 1 atom stereocenters. The van der Waals surface area contributed by atoms with Crippen LogP contribution in [-0.4, -0.2) is 18.0 Å². The Bertz CT molecular complexity index is 109. The van der Waals surface area contributed by atoms with Gasteiger partial charge >= 0.3 is 0 Å². The van der Waals surface area contributed by atoms with Crippen LogP contribution in [0.1, 0.15) is 66.2 Å². The van der Waals surface area contributed by atoms with Crippen LogP contribution in [0.25, 0.3) is 0 Å². The summed E-state index contributed by atoms with van der Waals surface area (Å²) >= 11 is 0. The Kier molecular flexibility index (Phi) is 16.3. The highest BCUT2D eigenvalue weighted by atomic mass is 127. The van der Waals surface area contributed by atoms with E-state index in [2.05, 4.69) is 27.7 Å². The van der Waals surface area contributed by atoms with Crippen molar-refractivity contribution < 1.29 is 0 Å². The van der Waals surface area contributed by atoms with Crippen molar-refractivity contribution in [2.45, 2.75) is 71.9 Å². The Morgan fingerprint density at radius 2 is 1.33 bits per heavy atom. The number of hydrogen-bond donors (Lipinski definition) is 0. The second-order valence-electron chi connectivity index (χ2n) is 4.38. The van der Waals surface area contributed by atoms with Gasteiger partial charge in [0, 0.05) is 0 Å². The second kappa shape index (κ2) is 13.2. The first kappa shape index (κ1) is 18.5. The van der Waals surface area contributed by atoms with E-state index in [-0.39, 0.29) is 24.0 Å². The lowest BCUT2D eigenvalue weighted by atomic mass is 10.3. The van der Waals surface area contributed by atoms with Gasteiger partial charge in [0.2, 0.25) is 0 Å². The lowest BCUT2D eigenvalue weighted by molar-refractivity contribution is 0.763.